The van der Waals surface area contributed by atoms with Crippen molar-refractivity contribution in [2.75, 3.05) is 25.0 Å². The van der Waals surface area contributed by atoms with Crippen molar-refractivity contribution in [3.8, 4) is 17.2 Å². The van der Waals surface area contributed by atoms with Crippen LogP contribution in [0.3, 0.4) is 0 Å². The summed E-state index contributed by atoms with van der Waals surface area (Å²) in [6.45, 7) is 1.55. The van der Waals surface area contributed by atoms with Gasteiger partial charge in [-0.3, -0.25) is 23.9 Å². The summed E-state index contributed by atoms with van der Waals surface area (Å²) in [5.74, 6) is -2.83. The molecule has 8 N–H and O–H groups in total. The number of aromatic carboxylic acids is 1. The fraction of sp³-hybridized carbons (Fsp3) is 0.0811. The number of hydrazone groups is 1. The number of aliphatic imine (C=N–C) groups is 1. The molecule has 0 spiro atoms. The SMILES string of the molecule is COc1cc(N=Nc2cc(S(=O)(=O)O)cc3cc(S(=O)(=O)O)cc(O)c23)c(C)cc1N=C(O)Nc1ccc2c(c1)C=C(S(=O)(=O)O)/C(=N/Nc1cc(C(=O)O)ccc1OC)C2=O. The van der Waals surface area contributed by atoms with E-state index in [9.17, 15) is 63.8 Å². The summed E-state index contributed by atoms with van der Waals surface area (Å²) in [4.78, 5) is 26.7. The van der Waals surface area contributed by atoms with Gasteiger partial charge in [-0.05, 0) is 90.2 Å². The second-order valence-electron chi connectivity index (χ2n) is 12.9. The van der Waals surface area contributed by atoms with Crippen molar-refractivity contribution in [1.82, 2.24) is 0 Å². The van der Waals surface area contributed by atoms with Crippen LogP contribution < -0.4 is 20.2 Å². The fourth-order valence-electron chi connectivity index (χ4n) is 5.96. The molecule has 25 heteroatoms. The van der Waals surface area contributed by atoms with Gasteiger partial charge in [-0.2, -0.15) is 40.5 Å². The smallest absolute Gasteiger partial charge is 0.335 e. The van der Waals surface area contributed by atoms with Gasteiger partial charge >= 0.3 is 5.97 Å². The van der Waals surface area contributed by atoms with E-state index in [1.165, 1.54) is 56.7 Å². The van der Waals surface area contributed by atoms with Gasteiger partial charge in [-0.25, -0.2) is 4.79 Å². The van der Waals surface area contributed by atoms with Crippen LogP contribution in [0.4, 0.5) is 28.4 Å². The monoisotopic (exact) mass is 910 g/mol. The number of allylic oxidation sites excluding steroid dienone is 1. The van der Waals surface area contributed by atoms with E-state index in [-0.39, 0.29) is 67.4 Å². The zero-order valence-corrected chi connectivity index (χ0v) is 34.2. The van der Waals surface area contributed by atoms with Gasteiger partial charge in [0, 0.05) is 23.4 Å². The van der Waals surface area contributed by atoms with Gasteiger partial charge in [0.2, 0.25) is 5.78 Å². The van der Waals surface area contributed by atoms with Crippen molar-refractivity contribution < 1.29 is 73.3 Å². The van der Waals surface area contributed by atoms with Crippen LogP contribution in [-0.2, 0) is 30.4 Å². The lowest BCUT2D eigenvalue weighted by atomic mass is 9.94. The topological polar surface area (TPSA) is 350 Å². The highest BCUT2D eigenvalue weighted by molar-refractivity contribution is 7.91. The number of methoxy groups -OCH3 is 2. The predicted molar refractivity (Wildman–Crippen MR) is 222 cm³/mol. The molecule has 22 nitrogen and oxygen atoms in total. The van der Waals surface area contributed by atoms with Crippen molar-refractivity contribution >= 4 is 99.1 Å². The molecule has 322 valence electrons. The number of Topliss-reactive ketones (excluding diaryl/α,β-unsaturated/α-hetero) is 1. The molecule has 0 saturated carbocycles. The van der Waals surface area contributed by atoms with Crippen molar-refractivity contribution in [3.63, 3.8) is 0 Å². The van der Waals surface area contributed by atoms with Crippen LogP contribution >= 0.6 is 0 Å². The largest absolute Gasteiger partial charge is 0.507 e. The highest BCUT2D eigenvalue weighted by Gasteiger charge is 2.33. The van der Waals surface area contributed by atoms with Crippen LogP contribution in [0.2, 0.25) is 0 Å². The summed E-state index contributed by atoms with van der Waals surface area (Å²) in [5.41, 5.74) is 1.64. The summed E-state index contributed by atoms with van der Waals surface area (Å²) in [7, 11) is -12.3. The zero-order valence-electron chi connectivity index (χ0n) is 31.8. The molecule has 0 saturated heterocycles. The van der Waals surface area contributed by atoms with Crippen molar-refractivity contribution in [2.45, 2.75) is 16.7 Å². The molecule has 62 heavy (non-hydrogen) atoms. The van der Waals surface area contributed by atoms with Gasteiger partial charge in [0.25, 0.3) is 36.4 Å². The number of rotatable bonds is 12. The molecule has 0 atom stereocenters. The molecule has 6 rings (SSSR count). The number of ketones is 1. The molecule has 0 aliphatic heterocycles. The van der Waals surface area contributed by atoms with Crippen LogP contribution in [0.15, 0.2) is 108 Å². The minimum Gasteiger partial charge on any atom is -0.507 e. The first-order chi connectivity index (χ1) is 29.0. The van der Waals surface area contributed by atoms with E-state index in [0.717, 1.165) is 30.3 Å². The summed E-state index contributed by atoms with van der Waals surface area (Å²) in [5, 5.41) is 45.0. The number of benzene rings is 5. The number of aliphatic hydroxyl groups excluding tert-OH is 1. The predicted octanol–water partition coefficient (Wildman–Crippen LogP) is 6.03. The third-order valence-electron chi connectivity index (χ3n) is 8.84. The van der Waals surface area contributed by atoms with Crippen molar-refractivity contribution in [3.05, 3.63) is 100.0 Å². The van der Waals surface area contributed by atoms with Crippen LogP contribution in [0.25, 0.3) is 16.8 Å². The number of carbonyl (C=O) groups is 2. The van der Waals surface area contributed by atoms with Crippen molar-refractivity contribution in [1.29, 1.82) is 0 Å². The molecule has 0 aromatic heterocycles. The zero-order chi connectivity index (χ0) is 45.5. The summed E-state index contributed by atoms with van der Waals surface area (Å²) < 4.78 is 112. The minimum absolute atomic E-state index is 0.0135. The molecular weight excluding hydrogens is 881 g/mol. The first kappa shape index (κ1) is 44.3. The second-order valence-corrected chi connectivity index (χ2v) is 17.1. The number of azo groups is 1. The fourth-order valence-corrected chi connectivity index (χ4v) is 7.69. The Morgan fingerprint density at radius 2 is 1.37 bits per heavy atom. The number of anilines is 2. The molecule has 0 unspecified atom stereocenters. The number of carbonyl (C=O) groups excluding carboxylic acids is 1. The lowest BCUT2D eigenvalue weighted by molar-refractivity contribution is 0.0696. The Balaban J connectivity index is 1.30. The number of hydrogen-bond acceptors (Lipinski definition) is 16. The number of fused-ring (bicyclic) bond motifs is 2. The Kier molecular flexibility index (Phi) is 11.9. The van der Waals surface area contributed by atoms with Gasteiger partial charge in [-0.15, -0.1) is 5.11 Å². The van der Waals surface area contributed by atoms with Gasteiger partial charge in [0.05, 0.1) is 52.0 Å². The maximum atomic E-state index is 13.5. The van der Waals surface area contributed by atoms with Crippen LogP contribution in [-0.4, -0.2) is 91.9 Å². The number of hydrogen-bond donors (Lipinski definition) is 8. The second kappa shape index (κ2) is 16.6. The molecule has 0 fully saturated rings. The molecule has 0 bridgehead atoms. The Labute approximate surface area is 350 Å². The molecule has 5 aromatic rings. The highest BCUT2D eigenvalue weighted by Crippen LogP contribution is 2.41. The quantitative estimate of drug-likeness (QED) is 0.0233. The molecule has 0 radical (unpaired) electrons. The third kappa shape index (κ3) is 9.36. The number of phenolic OH excluding ortho intramolecular Hbond substituents is 1. The average molecular weight is 911 g/mol. The molecule has 0 heterocycles. The lowest BCUT2D eigenvalue weighted by Gasteiger charge is -2.18. The number of nitrogens with one attached hydrogen (secondary N) is 2. The molecule has 1 aliphatic rings. The van der Waals surface area contributed by atoms with Gasteiger partial charge < -0.3 is 30.1 Å². The Morgan fingerprint density at radius 1 is 0.726 bits per heavy atom. The van der Waals surface area contributed by atoms with E-state index in [1.54, 1.807) is 6.92 Å². The van der Waals surface area contributed by atoms with E-state index >= 15 is 0 Å². The Morgan fingerprint density at radius 3 is 1.98 bits per heavy atom. The molecular formula is C37H30N6O16S3. The Bertz CT molecular complexity index is 3210. The molecule has 0 amide bonds. The summed E-state index contributed by atoms with van der Waals surface area (Å²) >= 11 is 0. The molecule has 5 aromatic carbocycles. The summed E-state index contributed by atoms with van der Waals surface area (Å²) in [6, 6.07) is 12.9. The molecule has 1 aliphatic carbocycles. The van der Waals surface area contributed by atoms with Gasteiger partial charge in [0.1, 0.15) is 27.8 Å². The number of nitrogens with zero attached hydrogens (tertiary/aromatic N) is 4. The number of carboxylic acids is 1. The van der Waals surface area contributed by atoms with Crippen LogP contribution in [0.5, 0.6) is 17.2 Å². The first-order valence-electron chi connectivity index (χ1n) is 17.0. The summed E-state index contributed by atoms with van der Waals surface area (Å²) in [6.07, 6.45) is 0.955. The lowest BCUT2D eigenvalue weighted by Crippen LogP contribution is -2.27. The number of carboxylic acid groups (broad SMARTS) is 1. The first-order valence-corrected chi connectivity index (χ1v) is 21.3. The standard InChI is InChI=1S/C37H30N6O16S3/c1-17-8-26(31(59-3)16-25(17)40-42-28-14-22(60(49,50)51)10-20-11-23(61(52,53)54)15-29(44)33(20)28)39-37(48)38-21-5-6-24-19(9-21)13-32(62(55,56)57)34(35(24)45)43-41-27-12-18(36(46)47)4-7-30(27)58-2/h4-16,41,44H,1-3H3,(H,46,47)(H2,38,39,48)(H,49,50,51)(H,52,53,54)(H,55,56,57)/b42-40?,43-34-. The third-order valence-corrected chi connectivity index (χ3v) is 11.4. The van der Waals surface area contributed by atoms with E-state index in [1.807, 2.05) is 0 Å². The number of aliphatic hydroxyl groups is 1. The maximum absolute atomic E-state index is 13.5. The van der Waals surface area contributed by atoms with E-state index in [0.29, 0.717) is 11.6 Å². The minimum atomic E-state index is -5.08. The normalized spacial score (nSPS) is 14.2. The number of phenols is 1. The van der Waals surface area contributed by atoms with Gasteiger partial charge in [0.15, 0.2) is 5.71 Å². The number of amidine groups is 1. The van der Waals surface area contributed by atoms with E-state index in [4.69, 9.17) is 9.47 Å². The Hall–Kier alpha value is -7.29. The van der Waals surface area contributed by atoms with E-state index < -0.39 is 74.3 Å². The number of aromatic hydroxyl groups is 1. The number of ether oxygens (including phenoxy) is 2. The van der Waals surface area contributed by atoms with Crippen LogP contribution in [0.1, 0.15) is 31.8 Å². The van der Waals surface area contributed by atoms with Gasteiger partial charge in [-0.1, -0.05) is 0 Å². The number of aryl methyl sites for hydroxylation is 1. The highest BCUT2D eigenvalue weighted by atomic mass is 32.2. The van der Waals surface area contributed by atoms with Crippen LogP contribution in [0, 0.1) is 6.92 Å². The van der Waals surface area contributed by atoms with E-state index in [2.05, 4.69) is 31.1 Å². The average Bonchev–Trinajstić information content (AvgIpc) is 3.18. The maximum Gasteiger partial charge on any atom is 0.335 e. The van der Waals surface area contributed by atoms with Crippen molar-refractivity contribution in [2.24, 2.45) is 20.3 Å².